The van der Waals surface area contributed by atoms with Crippen molar-refractivity contribution >= 4 is 51.6 Å². The molecule has 0 amide bonds. The van der Waals surface area contributed by atoms with Gasteiger partial charge in [-0.15, -0.1) is 0 Å². The fourth-order valence-corrected chi connectivity index (χ4v) is 3.35. The van der Waals surface area contributed by atoms with E-state index in [9.17, 15) is 0 Å². The maximum absolute atomic E-state index is 6.20. The Balaban J connectivity index is 1.40. The maximum Gasteiger partial charge on any atom is 0.224 e. The predicted molar refractivity (Wildman–Crippen MR) is 112 cm³/mol. The highest BCUT2D eigenvalue weighted by Crippen LogP contribution is 2.27. The average molecular weight is 398 g/mol. The molecule has 0 unspecified atom stereocenters. The van der Waals surface area contributed by atoms with Crippen LogP contribution in [0.2, 0.25) is 10.0 Å². The number of H-pyrrole nitrogens is 1. The molecule has 0 aliphatic carbocycles. The van der Waals surface area contributed by atoms with Crippen molar-refractivity contribution in [3.8, 4) is 0 Å². The fourth-order valence-electron chi connectivity index (χ4n) is 2.89. The zero-order valence-electron chi connectivity index (χ0n) is 14.3. The molecule has 27 heavy (non-hydrogen) atoms. The first-order chi connectivity index (χ1) is 13.2. The predicted octanol–water partition coefficient (Wildman–Crippen LogP) is 5.66. The van der Waals surface area contributed by atoms with Crippen LogP contribution in [0.15, 0.2) is 60.9 Å². The van der Waals surface area contributed by atoms with Gasteiger partial charge in [0.25, 0.3) is 0 Å². The number of nitrogens with one attached hydrogen (secondary N) is 3. The molecule has 0 atom stereocenters. The average Bonchev–Trinajstić information content (AvgIpc) is 3.08. The van der Waals surface area contributed by atoms with Crippen LogP contribution in [-0.2, 0) is 6.42 Å². The molecule has 0 aliphatic rings. The second-order valence-electron chi connectivity index (χ2n) is 6.05. The van der Waals surface area contributed by atoms with Crippen LogP contribution < -0.4 is 10.6 Å². The summed E-state index contributed by atoms with van der Waals surface area (Å²) in [5, 5.41) is 8.82. The smallest absolute Gasteiger partial charge is 0.224 e. The standard InChI is InChI=1S/C20H17Cl2N5/c21-14-5-6-18(16(22)11-14)26-19-8-10-24-20(27-19)23-9-7-13-12-25-17-4-2-1-3-15(13)17/h1-6,8,10-12,25H,7,9H2,(H2,23,24,26,27). The van der Waals surface area contributed by atoms with Gasteiger partial charge in [0, 0.05) is 34.9 Å². The molecule has 2 aromatic carbocycles. The van der Waals surface area contributed by atoms with Crippen LogP contribution in [0.4, 0.5) is 17.5 Å². The van der Waals surface area contributed by atoms with E-state index >= 15 is 0 Å². The number of benzene rings is 2. The molecule has 0 spiro atoms. The number of nitrogens with zero attached hydrogens (tertiary/aromatic N) is 2. The van der Waals surface area contributed by atoms with Crippen LogP contribution >= 0.6 is 23.2 Å². The number of para-hydroxylation sites is 1. The first-order valence-electron chi connectivity index (χ1n) is 8.53. The quantitative estimate of drug-likeness (QED) is 0.392. The lowest BCUT2D eigenvalue weighted by Gasteiger charge is -2.10. The van der Waals surface area contributed by atoms with Gasteiger partial charge in [-0.3, -0.25) is 0 Å². The molecule has 2 aromatic heterocycles. The number of anilines is 3. The van der Waals surface area contributed by atoms with Crippen LogP contribution in [0.25, 0.3) is 10.9 Å². The Kier molecular flexibility index (Phi) is 5.14. The van der Waals surface area contributed by atoms with E-state index in [1.165, 1.54) is 10.9 Å². The summed E-state index contributed by atoms with van der Waals surface area (Å²) in [5.41, 5.74) is 3.15. The Labute approximate surface area is 166 Å². The zero-order chi connectivity index (χ0) is 18.6. The summed E-state index contributed by atoms with van der Waals surface area (Å²) < 4.78 is 0. The minimum atomic E-state index is 0.537. The Bertz CT molecular complexity index is 1080. The van der Waals surface area contributed by atoms with Crippen molar-refractivity contribution in [1.29, 1.82) is 0 Å². The molecule has 4 rings (SSSR count). The Hall–Kier alpha value is -2.76. The summed E-state index contributed by atoms with van der Waals surface area (Å²) in [5.74, 6) is 1.22. The first-order valence-corrected chi connectivity index (χ1v) is 9.28. The van der Waals surface area contributed by atoms with E-state index in [1.54, 1.807) is 24.4 Å². The van der Waals surface area contributed by atoms with Crippen LogP contribution in [0.5, 0.6) is 0 Å². The lowest BCUT2D eigenvalue weighted by atomic mass is 10.1. The van der Waals surface area contributed by atoms with E-state index in [1.807, 2.05) is 24.4 Å². The monoisotopic (exact) mass is 397 g/mol. The second-order valence-corrected chi connectivity index (χ2v) is 6.89. The number of hydrogen-bond donors (Lipinski definition) is 3. The lowest BCUT2D eigenvalue weighted by Crippen LogP contribution is -2.08. The highest BCUT2D eigenvalue weighted by Gasteiger charge is 2.06. The molecule has 0 bridgehead atoms. The molecule has 4 aromatic rings. The van der Waals surface area contributed by atoms with Crippen LogP contribution in [0.3, 0.4) is 0 Å². The topological polar surface area (TPSA) is 65.6 Å². The third-order valence-corrected chi connectivity index (χ3v) is 4.75. The normalized spacial score (nSPS) is 10.9. The summed E-state index contributed by atoms with van der Waals surface area (Å²) >= 11 is 12.1. The molecule has 0 radical (unpaired) electrons. The number of aromatic nitrogens is 3. The highest BCUT2D eigenvalue weighted by atomic mass is 35.5. The molecule has 136 valence electrons. The molecule has 0 aliphatic heterocycles. The van der Waals surface area contributed by atoms with Crippen LogP contribution in [0.1, 0.15) is 5.56 Å². The summed E-state index contributed by atoms with van der Waals surface area (Å²) in [6, 6.07) is 15.3. The minimum absolute atomic E-state index is 0.537. The summed E-state index contributed by atoms with van der Waals surface area (Å²) in [7, 11) is 0. The molecule has 2 heterocycles. The summed E-state index contributed by atoms with van der Waals surface area (Å²) in [6.45, 7) is 0.729. The van der Waals surface area contributed by atoms with Gasteiger partial charge < -0.3 is 15.6 Å². The number of hydrogen-bond acceptors (Lipinski definition) is 4. The van der Waals surface area contributed by atoms with Gasteiger partial charge in [0.05, 0.1) is 10.7 Å². The molecule has 5 nitrogen and oxygen atoms in total. The van der Waals surface area contributed by atoms with Crippen molar-refractivity contribution < 1.29 is 0 Å². The van der Waals surface area contributed by atoms with Crippen molar-refractivity contribution in [3.05, 3.63) is 76.5 Å². The van der Waals surface area contributed by atoms with Crippen molar-refractivity contribution in [1.82, 2.24) is 15.0 Å². The minimum Gasteiger partial charge on any atom is -0.361 e. The SMILES string of the molecule is Clc1ccc(Nc2ccnc(NCCc3c[nH]c4ccccc34)n2)c(Cl)c1. The Morgan fingerprint density at radius 1 is 1.04 bits per heavy atom. The van der Waals surface area contributed by atoms with Gasteiger partial charge in [-0.25, -0.2) is 4.98 Å². The number of aromatic amines is 1. The fraction of sp³-hybridized carbons (Fsp3) is 0.100. The van der Waals surface area contributed by atoms with Crippen molar-refractivity contribution in [3.63, 3.8) is 0 Å². The summed E-state index contributed by atoms with van der Waals surface area (Å²) in [6.07, 6.45) is 4.62. The van der Waals surface area contributed by atoms with Crippen LogP contribution in [-0.4, -0.2) is 21.5 Å². The maximum atomic E-state index is 6.20. The van der Waals surface area contributed by atoms with E-state index in [0.29, 0.717) is 21.8 Å². The molecule has 3 N–H and O–H groups in total. The Morgan fingerprint density at radius 2 is 1.93 bits per heavy atom. The molecule has 0 fully saturated rings. The van der Waals surface area contributed by atoms with E-state index in [4.69, 9.17) is 23.2 Å². The third-order valence-electron chi connectivity index (χ3n) is 4.20. The van der Waals surface area contributed by atoms with Gasteiger partial charge in [0.1, 0.15) is 5.82 Å². The number of rotatable bonds is 6. The first kappa shape index (κ1) is 17.6. The Morgan fingerprint density at radius 3 is 2.81 bits per heavy atom. The molecule has 0 saturated carbocycles. The van der Waals surface area contributed by atoms with Gasteiger partial charge >= 0.3 is 0 Å². The van der Waals surface area contributed by atoms with Crippen molar-refractivity contribution in [2.24, 2.45) is 0 Å². The van der Waals surface area contributed by atoms with E-state index < -0.39 is 0 Å². The van der Waals surface area contributed by atoms with E-state index in [-0.39, 0.29) is 0 Å². The van der Waals surface area contributed by atoms with Crippen molar-refractivity contribution in [2.45, 2.75) is 6.42 Å². The number of halogens is 2. The van der Waals surface area contributed by atoms with Gasteiger partial charge in [-0.05, 0) is 42.3 Å². The van der Waals surface area contributed by atoms with Gasteiger partial charge in [-0.2, -0.15) is 4.98 Å². The largest absolute Gasteiger partial charge is 0.361 e. The van der Waals surface area contributed by atoms with Gasteiger partial charge in [0.2, 0.25) is 5.95 Å². The highest BCUT2D eigenvalue weighted by molar-refractivity contribution is 6.36. The third kappa shape index (κ3) is 4.15. The van der Waals surface area contributed by atoms with E-state index in [0.717, 1.165) is 24.2 Å². The van der Waals surface area contributed by atoms with Gasteiger partial charge in [-0.1, -0.05) is 41.4 Å². The summed E-state index contributed by atoms with van der Waals surface area (Å²) in [4.78, 5) is 12.0. The van der Waals surface area contributed by atoms with Crippen LogP contribution in [0, 0.1) is 0 Å². The molecule has 0 saturated heterocycles. The lowest BCUT2D eigenvalue weighted by molar-refractivity contribution is 0.991. The van der Waals surface area contributed by atoms with Crippen molar-refractivity contribution in [2.75, 3.05) is 17.2 Å². The molecular weight excluding hydrogens is 381 g/mol. The molecule has 7 heteroatoms. The van der Waals surface area contributed by atoms with E-state index in [2.05, 4.69) is 37.7 Å². The zero-order valence-corrected chi connectivity index (χ0v) is 15.8. The second kappa shape index (κ2) is 7.86. The number of fused-ring (bicyclic) bond motifs is 1. The van der Waals surface area contributed by atoms with Gasteiger partial charge in [0.15, 0.2) is 0 Å². The molecular formula is C20H17Cl2N5.